The van der Waals surface area contributed by atoms with Gasteiger partial charge in [-0.3, -0.25) is 4.79 Å². The first-order valence-electron chi connectivity index (χ1n) is 11.4. The standard InChI is InChI=1S/C27H29FN2O3/c28-25-23(27(31)29-15-18-30-16-7-8-17-30)13-14-24(32-19-21-9-3-1-4-10-21)26(25)33-20-22-11-5-2-6-12-22/h1-6,9-14H,7-8,15-20H2,(H,29,31). The molecule has 1 saturated heterocycles. The van der Waals surface area contributed by atoms with E-state index in [2.05, 4.69) is 10.2 Å². The van der Waals surface area contributed by atoms with E-state index in [9.17, 15) is 4.79 Å². The van der Waals surface area contributed by atoms with Crippen LogP contribution in [0, 0.1) is 5.82 Å². The molecule has 0 spiro atoms. The fourth-order valence-corrected chi connectivity index (χ4v) is 3.86. The van der Waals surface area contributed by atoms with Crippen LogP contribution in [0.4, 0.5) is 4.39 Å². The SMILES string of the molecule is O=C(NCCN1CCCC1)c1ccc(OCc2ccccc2)c(OCc2ccccc2)c1F. The monoisotopic (exact) mass is 448 g/mol. The molecular weight excluding hydrogens is 419 g/mol. The quantitative estimate of drug-likeness (QED) is 0.484. The molecule has 1 N–H and O–H groups in total. The summed E-state index contributed by atoms with van der Waals surface area (Å²) in [4.78, 5) is 15.0. The van der Waals surface area contributed by atoms with Gasteiger partial charge in [0.15, 0.2) is 17.3 Å². The second-order valence-corrected chi connectivity index (χ2v) is 8.11. The predicted molar refractivity (Wildman–Crippen MR) is 126 cm³/mol. The molecule has 5 nitrogen and oxygen atoms in total. The molecule has 1 amide bonds. The summed E-state index contributed by atoms with van der Waals surface area (Å²) in [6.45, 7) is 3.78. The number of rotatable bonds is 10. The van der Waals surface area contributed by atoms with Gasteiger partial charge in [0.1, 0.15) is 13.2 Å². The van der Waals surface area contributed by atoms with E-state index in [1.165, 1.54) is 18.9 Å². The first kappa shape index (κ1) is 22.8. The van der Waals surface area contributed by atoms with Crippen molar-refractivity contribution in [2.75, 3.05) is 26.2 Å². The number of carbonyl (C=O) groups is 1. The molecule has 0 aromatic heterocycles. The van der Waals surface area contributed by atoms with Crippen molar-refractivity contribution < 1.29 is 18.7 Å². The Bertz CT molecular complexity index is 1040. The van der Waals surface area contributed by atoms with Crippen molar-refractivity contribution in [3.05, 3.63) is 95.3 Å². The van der Waals surface area contributed by atoms with E-state index >= 15 is 4.39 Å². The zero-order valence-corrected chi connectivity index (χ0v) is 18.6. The van der Waals surface area contributed by atoms with Crippen molar-refractivity contribution in [1.82, 2.24) is 10.2 Å². The predicted octanol–water partition coefficient (Wildman–Crippen LogP) is 4.81. The van der Waals surface area contributed by atoms with Crippen LogP contribution in [0.5, 0.6) is 11.5 Å². The summed E-state index contributed by atoms with van der Waals surface area (Å²) < 4.78 is 27.2. The van der Waals surface area contributed by atoms with E-state index in [4.69, 9.17) is 9.47 Å². The number of nitrogens with zero attached hydrogens (tertiary/aromatic N) is 1. The minimum absolute atomic E-state index is 0.0495. The molecule has 0 radical (unpaired) electrons. The lowest BCUT2D eigenvalue weighted by Crippen LogP contribution is -2.33. The molecule has 6 heteroatoms. The summed E-state index contributed by atoms with van der Waals surface area (Å²) in [7, 11) is 0. The topological polar surface area (TPSA) is 50.8 Å². The molecular formula is C27H29FN2O3. The molecule has 1 fully saturated rings. The van der Waals surface area contributed by atoms with Crippen molar-refractivity contribution in [3.63, 3.8) is 0 Å². The zero-order valence-electron chi connectivity index (χ0n) is 18.6. The normalized spacial score (nSPS) is 13.6. The highest BCUT2D eigenvalue weighted by Crippen LogP contribution is 2.34. The Balaban J connectivity index is 1.48. The minimum atomic E-state index is -0.713. The third-order valence-electron chi connectivity index (χ3n) is 5.68. The highest BCUT2D eigenvalue weighted by Gasteiger charge is 2.21. The largest absolute Gasteiger partial charge is 0.485 e. The molecule has 0 unspecified atom stereocenters. The van der Waals surface area contributed by atoms with Gasteiger partial charge in [-0.15, -0.1) is 0 Å². The molecule has 0 aliphatic carbocycles. The average molecular weight is 449 g/mol. The number of carbonyl (C=O) groups excluding carboxylic acids is 1. The molecule has 1 aliphatic rings. The third-order valence-corrected chi connectivity index (χ3v) is 5.68. The molecule has 1 heterocycles. The van der Waals surface area contributed by atoms with Gasteiger partial charge in [-0.25, -0.2) is 4.39 Å². The summed E-state index contributed by atoms with van der Waals surface area (Å²) in [5, 5.41) is 2.83. The van der Waals surface area contributed by atoms with Crippen molar-refractivity contribution in [2.45, 2.75) is 26.1 Å². The third kappa shape index (κ3) is 6.33. The number of halogens is 1. The Morgan fingerprint density at radius 3 is 2.09 bits per heavy atom. The molecule has 0 saturated carbocycles. The molecule has 3 aromatic rings. The number of benzene rings is 3. The summed E-state index contributed by atoms with van der Waals surface area (Å²) in [5.41, 5.74) is 1.80. The van der Waals surface area contributed by atoms with E-state index in [1.54, 1.807) is 6.07 Å². The van der Waals surface area contributed by atoms with Crippen molar-refractivity contribution in [2.24, 2.45) is 0 Å². The Morgan fingerprint density at radius 1 is 0.848 bits per heavy atom. The van der Waals surface area contributed by atoms with Gasteiger partial charge in [-0.05, 0) is 49.2 Å². The van der Waals surface area contributed by atoms with Crippen molar-refractivity contribution in [3.8, 4) is 11.5 Å². The number of nitrogens with one attached hydrogen (secondary N) is 1. The van der Waals surface area contributed by atoms with Crippen LogP contribution < -0.4 is 14.8 Å². The smallest absolute Gasteiger partial charge is 0.254 e. The van der Waals surface area contributed by atoms with E-state index in [0.717, 1.165) is 30.8 Å². The minimum Gasteiger partial charge on any atom is -0.485 e. The van der Waals surface area contributed by atoms with Gasteiger partial charge in [-0.2, -0.15) is 0 Å². The molecule has 3 aromatic carbocycles. The number of likely N-dealkylation sites (tertiary alicyclic amines) is 1. The lowest BCUT2D eigenvalue weighted by Gasteiger charge is -2.17. The van der Waals surface area contributed by atoms with Gasteiger partial charge in [0.2, 0.25) is 0 Å². The summed E-state index contributed by atoms with van der Waals surface area (Å²) >= 11 is 0. The number of hydrogen-bond acceptors (Lipinski definition) is 4. The van der Waals surface area contributed by atoms with Gasteiger partial charge in [-0.1, -0.05) is 60.7 Å². The van der Waals surface area contributed by atoms with Crippen LogP contribution >= 0.6 is 0 Å². The molecule has 0 bridgehead atoms. The van der Waals surface area contributed by atoms with Crippen LogP contribution in [0.2, 0.25) is 0 Å². The maximum Gasteiger partial charge on any atom is 0.254 e. The highest BCUT2D eigenvalue weighted by atomic mass is 19.1. The van der Waals surface area contributed by atoms with Crippen LogP contribution in [0.1, 0.15) is 34.3 Å². The molecule has 172 valence electrons. The number of ether oxygens (including phenoxy) is 2. The van der Waals surface area contributed by atoms with Crippen LogP contribution in [-0.4, -0.2) is 37.0 Å². The lowest BCUT2D eigenvalue weighted by molar-refractivity contribution is 0.0944. The second-order valence-electron chi connectivity index (χ2n) is 8.11. The summed E-state index contributed by atoms with van der Waals surface area (Å²) in [5.74, 6) is -0.955. The maximum absolute atomic E-state index is 15.5. The Hall–Kier alpha value is -3.38. The van der Waals surface area contributed by atoms with Crippen LogP contribution in [0.15, 0.2) is 72.8 Å². The molecule has 1 aliphatic heterocycles. The fraction of sp³-hybridized carbons (Fsp3) is 0.296. The Kier molecular flexibility index (Phi) is 7.93. The second kappa shape index (κ2) is 11.5. The Morgan fingerprint density at radius 2 is 1.45 bits per heavy atom. The van der Waals surface area contributed by atoms with Gasteiger partial charge in [0.25, 0.3) is 5.91 Å². The van der Waals surface area contributed by atoms with Gasteiger partial charge in [0, 0.05) is 13.1 Å². The number of amides is 1. The van der Waals surface area contributed by atoms with E-state index < -0.39 is 11.7 Å². The lowest BCUT2D eigenvalue weighted by atomic mass is 10.1. The highest BCUT2D eigenvalue weighted by molar-refractivity contribution is 5.95. The maximum atomic E-state index is 15.5. The first-order valence-corrected chi connectivity index (χ1v) is 11.4. The van der Waals surface area contributed by atoms with E-state index in [1.807, 2.05) is 60.7 Å². The van der Waals surface area contributed by atoms with Crippen LogP contribution in [0.25, 0.3) is 0 Å². The molecule has 4 rings (SSSR count). The van der Waals surface area contributed by atoms with Crippen molar-refractivity contribution >= 4 is 5.91 Å². The first-order chi connectivity index (χ1) is 16.2. The molecule has 0 atom stereocenters. The van der Waals surface area contributed by atoms with Gasteiger partial charge < -0.3 is 19.7 Å². The average Bonchev–Trinajstić information content (AvgIpc) is 3.37. The fourth-order valence-electron chi connectivity index (χ4n) is 3.86. The zero-order chi connectivity index (χ0) is 22.9. The van der Waals surface area contributed by atoms with Gasteiger partial charge >= 0.3 is 0 Å². The Labute approximate surface area is 194 Å². The number of hydrogen-bond donors (Lipinski definition) is 1. The van der Waals surface area contributed by atoms with Crippen LogP contribution in [-0.2, 0) is 13.2 Å². The summed E-state index contributed by atoms with van der Waals surface area (Å²) in [6.07, 6.45) is 2.38. The van der Waals surface area contributed by atoms with E-state index in [0.29, 0.717) is 6.54 Å². The van der Waals surface area contributed by atoms with E-state index in [-0.39, 0.29) is 30.3 Å². The molecule has 33 heavy (non-hydrogen) atoms. The van der Waals surface area contributed by atoms with Crippen molar-refractivity contribution in [1.29, 1.82) is 0 Å². The van der Waals surface area contributed by atoms with Gasteiger partial charge in [0.05, 0.1) is 5.56 Å². The summed E-state index contributed by atoms with van der Waals surface area (Å²) in [6, 6.07) is 22.2. The van der Waals surface area contributed by atoms with Crippen LogP contribution in [0.3, 0.4) is 0 Å².